The van der Waals surface area contributed by atoms with Crippen LogP contribution in [0.2, 0.25) is 5.02 Å². The smallest absolute Gasteiger partial charge is 0.330 e. The Kier molecular flexibility index (Phi) is 6.58. The minimum atomic E-state index is -0.380. The topological polar surface area (TPSA) is 55.4 Å². The van der Waals surface area contributed by atoms with Gasteiger partial charge in [0.2, 0.25) is 5.91 Å². The minimum absolute atomic E-state index is 0.141. The first-order valence-corrected chi connectivity index (χ1v) is 7.94. The van der Waals surface area contributed by atoms with Gasteiger partial charge >= 0.3 is 5.97 Å². The number of hydrogen-bond donors (Lipinski definition) is 1. The highest BCUT2D eigenvalue weighted by molar-refractivity contribution is 6.31. The highest BCUT2D eigenvalue weighted by Crippen LogP contribution is 2.17. The molecule has 24 heavy (non-hydrogen) atoms. The lowest BCUT2D eigenvalue weighted by Crippen LogP contribution is -2.14. The molecular formula is C19H18ClNO3. The van der Waals surface area contributed by atoms with Crippen LogP contribution in [0.3, 0.4) is 0 Å². The van der Waals surface area contributed by atoms with E-state index in [-0.39, 0.29) is 18.3 Å². The third-order valence-electron chi connectivity index (χ3n) is 3.20. The lowest BCUT2D eigenvalue weighted by atomic mass is 10.1. The molecule has 1 N–H and O–H groups in total. The number of carbonyl (C=O) groups excluding carboxylic acids is 2. The summed E-state index contributed by atoms with van der Waals surface area (Å²) in [7, 11) is 0. The number of esters is 1. The summed E-state index contributed by atoms with van der Waals surface area (Å²) in [5, 5.41) is 3.39. The molecule has 0 aromatic heterocycles. The van der Waals surface area contributed by atoms with Gasteiger partial charge in [-0.2, -0.15) is 0 Å². The van der Waals surface area contributed by atoms with Crippen LogP contribution in [0.5, 0.6) is 0 Å². The lowest BCUT2D eigenvalue weighted by molar-refractivity contribution is -0.137. The largest absolute Gasteiger partial charge is 0.463 e. The van der Waals surface area contributed by atoms with E-state index in [9.17, 15) is 9.59 Å². The first-order chi connectivity index (χ1) is 11.6. The molecule has 4 nitrogen and oxygen atoms in total. The molecule has 0 bridgehead atoms. The summed E-state index contributed by atoms with van der Waals surface area (Å²) in [6.07, 6.45) is 3.24. The number of anilines is 1. The average Bonchev–Trinajstić information content (AvgIpc) is 2.57. The van der Waals surface area contributed by atoms with Crippen molar-refractivity contribution in [2.75, 3.05) is 11.9 Å². The van der Waals surface area contributed by atoms with Crippen molar-refractivity contribution in [2.45, 2.75) is 13.3 Å². The molecule has 0 spiro atoms. The summed E-state index contributed by atoms with van der Waals surface area (Å²) in [6.45, 7) is 2.10. The van der Waals surface area contributed by atoms with Gasteiger partial charge in [-0.25, -0.2) is 4.79 Å². The molecule has 2 aromatic carbocycles. The predicted octanol–water partition coefficient (Wildman–Crippen LogP) is 4.10. The zero-order valence-electron chi connectivity index (χ0n) is 13.3. The molecule has 0 aliphatic rings. The maximum Gasteiger partial charge on any atom is 0.330 e. The standard InChI is InChI=1S/C19H18ClNO3/c1-2-24-19(23)12-9-14-7-10-16(11-8-14)21-18(22)13-15-5-3-4-6-17(15)20/h3-12H,2,13H2,1H3,(H,21,22)/b12-9+. The quantitative estimate of drug-likeness (QED) is 0.634. The van der Waals surface area contributed by atoms with Crippen LogP contribution in [-0.2, 0) is 20.7 Å². The van der Waals surface area contributed by atoms with Gasteiger partial charge in [-0.1, -0.05) is 41.9 Å². The first kappa shape index (κ1) is 17.8. The fourth-order valence-corrected chi connectivity index (χ4v) is 2.25. The molecule has 0 saturated carbocycles. The van der Waals surface area contributed by atoms with Crippen molar-refractivity contribution < 1.29 is 14.3 Å². The summed E-state index contributed by atoms with van der Waals surface area (Å²) in [6, 6.07) is 14.4. The molecule has 0 fully saturated rings. The van der Waals surface area contributed by atoms with Crippen molar-refractivity contribution >= 4 is 35.2 Å². The van der Waals surface area contributed by atoms with Crippen molar-refractivity contribution in [2.24, 2.45) is 0 Å². The summed E-state index contributed by atoms with van der Waals surface area (Å²) in [4.78, 5) is 23.3. The Morgan fingerprint density at radius 3 is 2.50 bits per heavy atom. The first-order valence-electron chi connectivity index (χ1n) is 7.56. The molecule has 0 aliphatic heterocycles. The fraction of sp³-hybridized carbons (Fsp3) is 0.158. The van der Waals surface area contributed by atoms with E-state index in [1.54, 1.807) is 43.3 Å². The minimum Gasteiger partial charge on any atom is -0.463 e. The Labute approximate surface area is 146 Å². The number of rotatable bonds is 6. The van der Waals surface area contributed by atoms with Crippen LogP contribution in [0.15, 0.2) is 54.6 Å². The van der Waals surface area contributed by atoms with Crippen molar-refractivity contribution in [3.63, 3.8) is 0 Å². The highest BCUT2D eigenvalue weighted by Gasteiger charge is 2.07. The van der Waals surface area contributed by atoms with Crippen molar-refractivity contribution in [1.29, 1.82) is 0 Å². The van der Waals surface area contributed by atoms with Crippen LogP contribution in [0.25, 0.3) is 6.08 Å². The van der Waals surface area contributed by atoms with E-state index >= 15 is 0 Å². The number of nitrogens with one attached hydrogen (secondary N) is 1. The van der Waals surface area contributed by atoms with Crippen LogP contribution < -0.4 is 5.32 Å². The molecule has 5 heteroatoms. The molecule has 2 rings (SSSR count). The molecule has 1 amide bonds. The van der Waals surface area contributed by atoms with Crippen LogP contribution >= 0.6 is 11.6 Å². The molecule has 0 unspecified atom stereocenters. The lowest BCUT2D eigenvalue weighted by Gasteiger charge is -2.07. The second kappa shape index (κ2) is 8.89. The SMILES string of the molecule is CCOC(=O)/C=C/c1ccc(NC(=O)Cc2ccccc2Cl)cc1. The zero-order chi connectivity index (χ0) is 17.4. The van der Waals surface area contributed by atoms with E-state index in [4.69, 9.17) is 16.3 Å². The number of ether oxygens (including phenoxy) is 1. The van der Waals surface area contributed by atoms with E-state index < -0.39 is 0 Å². The van der Waals surface area contributed by atoms with Gasteiger partial charge in [-0.3, -0.25) is 4.79 Å². The number of halogens is 1. The van der Waals surface area contributed by atoms with Gasteiger partial charge in [-0.05, 0) is 42.3 Å². The third kappa shape index (κ3) is 5.56. The molecule has 0 atom stereocenters. The van der Waals surface area contributed by atoms with Crippen LogP contribution in [0.1, 0.15) is 18.1 Å². The maximum atomic E-state index is 12.1. The van der Waals surface area contributed by atoms with E-state index in [1.165, 1.54) is 6.08 Å². The maximum absolute atomic E-state index is 12.1. The molecular weight excluding hydrogens is 326 g/mol. The Morgan fingerprint density at radius 2 is 1.83 bits per heavy atom. The van der Waals surface area contributed by atoms with E-state index in [0.29, 0.717) is 17.3 Å². The highest BCUT2D eigenvalue weighted by atomic mass is 35.5. The number of benzene rings is 2. The molecule has 0 saturated heterocycles. The van der Waals surface area contributed by atoms with Gasteiger partial charge < -0.3 is 10.1 Å². The van der Waals surface area contributed by atoms with E-state index in [2.05, 4.69) is 5.32 Å². The van der Waals surface area contributed by atoms with Crippen molar-refractivity contribution in [1.82, 2.24) is 0 Å². The monoisotopic (exact) mass is 343 g/mol. The van der Waals surface area contributed by atoms with Crippen molar-refractivity contribution in [3.8, 4) is 0 Å². The summed E-state index contributed by atoms with van der Waals surface area (Å²) < 4.78 is 4.81. The van der Waals surface area contributed by atoms with E-state index in [1.807, 2.05) is 18.2 Å². The number of hydrogen-bond acceptors (Lipinski definition) is 3. The van der Waals surface area contributed by atoms with Gasteiger partial charge in [0.25, 0.3) is 0 Å². The van der Waals surface area contributed by atoms with Gasteiger partial charge in [0.15, 0.2) is 0 Å². The molecule has 124 valence electrons. The second-order valence-electron chi connectivity index (χ2n) is 5.02. The molecule has 0 aliphatic carbocycles. The van der Waals surface area contributed by atoms with Crippen molar-refractivity contribution in [3.05, 3.63) is 70.8 Å². The van der Waals surface area contributed by atoms with Gasteiger partial charge in [0.1, 0.15) is 0 Å². The summed E-state index contributed by atoms with van der Waals surface area (Å²) >= 11 is 6.05. The molecule has 2 aromatic rings. The van der Waals surface area contributed by atoms with Gasteiger partial charge in [0, 0.05) is 16.8 Å². The summed E-state index contributed by atoms with van der Waals surface area (Å²) in [5.41, 5.74) is 2.30. The summed E-state index contributed by atoms with van der Waals surface area (Å²) in [5.74, 6) is -0.521. The van der Waals surface area contributed by atoms with Crippen LogP contribution in [0.4, 0.5) is 5.69 Å². The Morgan fingerprint density at radius 1 is 1.12 bits per heavy atom. The normalized spacial score (nSPS) is 10.6. The average molecular weight is 344 g/mol. The molecule has 0 radical (unpaired) electrons. The van der Waals surface area contributed by atoms with Gasteiger partial charge in [-0.15, -0.1) is 0 Å². The Bertz CT molecular complexity index is 739. The predicted molar refractivity (Wildman–Crippen MR) is 95.9 cm³/mol. The van der Waals surface area contributed by atoms with Gasteiger partial charge in [0.05, 0.1) is 13.0 Å². The van der Waals surface area contributed by atoms with Crippen LogP contribution in [0, 0.1) is 0 Å². The third-order valence-corrected chi connectivity index (χ3v) is 3.57. The zero-order valence-corrected chi connectivity index (χ0v) is 14.0. The Hall–Kier alpha value is -2.59. The number of amides is 1. The number of carbonyl (C=O) groups is 2. The fourth-order valence-electron chi connectivity index (χ4n) is 2.05. The second-order valence-corrected chi connectivity index (χ2v) is 5.43. The van der Waals surface area contributed by atoms with Crippen LogP contribution in [-0.4, -0.2) is 18.5 Å². The molecule has 0 heterocycles. The Balaban J connectivity index is 1.93. The van der Waals surface area contributed by atoms with E-state index in [0.717, 1.165) is 11.1 Å².